The summed E-state index contributed by atoms with van der Waals surface area (Å²) in [6.45, 7) is 1.96. The molecule has 16 heavy (non-hydrogen) atoms. The van der Waals surface area contributed by atoms with Gasteiger partial charge in [0.1, 0.15) is 5.82 Å². The van der Waals surface area contributed by atoms with E-state index in [0.717, 1.165) is 21.2 Å². The molecule has 0 N–H and O–H groups in total. The highest BCUT2D eigenvalue weighted by molar-refractivity contribution is 9.10. The van der Waals surface area contributed by atoms with Crippen LogP contribution in [-0.4, -0.2) is 14.8 Å². The van der Waals surface area contributed by atoms with Crippen molar-refractivity contribution in [2.45, 2.75) is 17.8 Å². The molecule has 3 nitrogen and oxygen atoms in total. The Balaban J connectivity index is 2.02. The van der Waals surface area contributed by atoms with Crippen molar-refractivity contribution in [2.75, 3.05) is 0 Å². The number of rotatable bonds is 3. The van der Waals surface area contributed by atoms with Gasteiger partial charge in [0.25, 0.3) is 0 Å². The largest absolute Gasteiger partial charge is 0.309 e. The van der Waals surface area contributed by atoms with Crippen molar-refractivity contribution in [1.82, 2.24) is 14.8 Å². The molecule has 0 bridgehead atoms. The van der Waals surface area contributed by atoms with Gasteiger partial charge in [0, 0.05) is 17.3 Å². The molecule has 1 aromatic carbocycles. The van der Waals surface area contributed by atoms with E-state index >= 15 is 0 Å². The number of hydrogen-bond acceptors (Lipinski definition) is 3. The summed E-state index contributed by atoms with van der Waals surface area (Å²) >= 11 is 5.12. The molecule has 0 fully saturated rings. The van der Waals surface area contributed by atoms with E-state index in [1.54, 1.807) is 11.8 Å². The molecule has 0 radical (unpaired) electrons. The predicted molar refractivity (Wildman–Crippen MR) is 69.4 cm³/mol. The van der Waals surface area contributed by atoms with E-state index in [-0.39, 0.29) is 0 Å². The minimum atomic E-state index is 0.916. The smallest absolute Gasteiger partial charge is 0.191 e. The third-order valence-corrected chi connectivity index (χ3v) is 3.95. The summed E-state index contributed by atoms with van der Waals surface area (Å²) in [5.41, 5.74) is 1.29. The van der Waals surface area contributed by atoms with Gasteiger partial charge in [0.05, 0.1) is 0 Å². The molecule has 5 heteroatoms. The van der Waals surface area contributed by atoms with Gasteiger partial charge in [0.2, 0.25) is 0 Å². The Labute approximate surface area is 107 Å². The van der Waals surface area contributed by atoms with Crippen molar-refractivity contribution in [3.63, 3.8) is 0 Å². The van der Waals surface area contributed by atoms with Crippen LogP contribution in [-0.2, 0) is 12.8 Å². The van der Waals surface area contributed by atoms with Crippen LogP contribution < -0.4 is 0 Å². The minimum absolute atomic E-state index is 0.916. The monoisotopic (exact) mass is 297 g/mol. The fourth-order valence-electron chi connectivity index (χ4n) is 1.24. The second-order valence-electron chi connectivity index (χ2n) is 3.50. The lowest BCUT2D eigenvalue weighted by Crippen LogP contribution is -1.93. The molecule has 0 spiro atoms. The summed E-state index contributed by atoms with van der Waals surface area (Å²) in [7, 11) is 1.99. The fourth-order valence-corrected chi connectivity index (χ4v) is 2.42. The van der Waals surface area contributed by atoms with Crippen LogP contribution in [0.15, 0.2) is 33.9 Å². The first-order valence-corrected chi connectivity index (χ1v) is 6.68. The number of aromatic nitrogens is 3. The molecule has 2 aromatic rings. The molecule has 0 saturated heterocycles. The summed E-state index contributed by atoms with van der Waals surface area (Å²) in [6, 6.07) is 8.33. The first-order chi connectivity index (χ1) is 7.66. The van der Waals surface area contributed by atoms with E-state index in [0.29, 0.717) is 0 Å². The van der Waals surface area contributed by atoms with Gasteiger partial charge in [-0.2, -0.15) is 0 Å². The zero-order valence-corrected chi connectivity index (χ0v) is 11.5. The highest BCUT2D eigenvalue weighted by atomic mass is 79.9. The second kappa shape index (κ2) is 5.01. The zero-order chi connectivity index (χ0) is 11.5. The first-order valence-electron chi connectivity index (χ1n) is 4.90. The van der Waals surface area contributed by atoms with Crippen LogP contribution in [0, 0.1) is 6.92 Å². The fraction of sp³-hybridized carbons (Fsp3) is 0.273. The third kappa shape index (κ3) is 2.65. The Morgan fingerprint density at radius 1 is 1.25 bits per heavy atom. The molecule has 0 aliphatic rings. The summed E-state index contributed by atoms with van der Waals surface area (Å²) in [5.74, 6) is 1.86. The maximum atomic E-state index is 4.11. The van der Waals surface area contributed by atoms with Crippen molar-refractivity contribution in [1.29, 1.82) is 0 Å². The number of nitrogens with zero attached hydrogens (tertiary/aromatic N) is 3. The van der Waals surface area contributed by atoms with Crippen molar-refractivity contribution in [2.24, 2.45) is 7.05 Å². The number of benzene rings is 1. The number of thioether (sulfide) groups is 1. The Morgan fingerprint density at radius 3 is 2.50 bits per heavy atom. The molecule has 0 amide bonds. The van der Waals surface area contributed by atoms with Crippen molar-refractivity contribution in [3.05, 3.63) is 40.1 Å². The Hall–Kier alpha value is -0.810. The van der Waals surface area contributed by atoms with Crippen LogP contribution in [0.2, 0.25) is 0 Å². The van der Waals surface area contributed by atoms with E-state index in [4.69, 9.17) is 0 Å². The quantitative estimate of drug-likeness (QED) is 0.815. The van der Waals surface area contributed by atoms with Crippen LogP contribution in [0.5, 0.6) is 0 Å². The van der Waals surface area contributed by atoms with Crippen molar-refractivity contribution < 1.29 is 0 Å². The van der Waals surface area contributed by atoms with Gasteiger partial charge in [-0.25, -0.2) is 0 Å². The number of hydrogen-bond donors (Lipinski definition) is 0. The van der Waals surface area contributed by atoms with Gasteiger partial charge in [-0.15, -0.1) is 10.2 Å². The Bertz CT molecular complexity index is 478. The van der Waals surface area contributed by atoms with Crippen LogP contribution >= 0.6 is 27.7 Å². The molecule has 0 atom stereocenters. The van der Waals surface area contributed by atoms with Crippen LogP contribution in [0.3, 0.4) is 0 Å². The number of aryl methyl sites for hydroxylation is 1. The van der Waals surface area contributed by atoms with Crippen molar-refractivity contribution >= 4 is 27.7 Å². The topological polar surface area (TPSA) is 30.7 Å². The average Bonchev–Trinajstić information content (AvgIpc) is 2.60. The standard InChI is InChI=1S/C11H12BrN3S/c1-8-13-14-11(15(8)2)16-7-9-3-5-10(12)6-4-9/h3-6H,7H2,1-2H3. The molecular weight excluding hydrogens is 286 g/mol. The Kier molecular flexibility index (Phi) is 3.66. The van der Waals surface area contributed by atoms with Gasteiger partial charge in [-0.05, 0) is 24.6 Å². The van der Waals surface area contributed by atoms with E-state index in [2.05, 4.69) is 50.4 Å². The maximum Gasteiger partial charge on any atom is 0.191 e. The van der Waals surface area contributed by atoms with E-state index < -0.39 is 0 Å². The lowest BCUT2D eigenvalue weighted by atomic mass is 10.2. The van der Waals surface area contributed by atoms with Gasteiger partial charge >= 0.3 is 0 Å². The van der Waals surface area contributed by atoms with Crippen LogP contribution in [0.4, 0.5) is 0 Å². The molecule has 2 rings (SSSR count). The molecule has 0 aliphatic carbocycles. The number of halogens is 1. The molecule has 84 valence electrons. The maximum absolute atomic E-state index is 4.11. The minimum Gasteiger partial charge on any atom is -0.309 e. The highest BCUT2D eigenvalue weighted by Gasteiger charge is 2.05. The predicted octanol–water partition coefficient (Wildman–Crippen LogP) is 3.18. The summed E-state index contributed by atoms with van der Waals surface area (Å²) in [6.07, 6.45) is 0. The normalized spacial score (nSPS) is 10.7. The summed E-state index contributed by atoms with van der Waals surface area (Å²) in [4.78, 5) is 0. The van der Waals surface area contributed by atoms with Gasteiger partial charge in [-0.3, -0.25) is 0 Å². The van der Waals surface area contributed by atoms with E-state index in [9.17, 15) is 0 Å². The average molecular weight is 298 g/mol. The summed E-state index contributed by atoms with van der Waals surface area (Å²) in [5, 5.41) is 9.10. The van der Waals surface area contributed by atoms with Gasteiger partial charge in [-0.1, -0.05) is 39.8 Å². The lowest BCUT2D eigenvalue weighted by molar-refractivity contribution is 0.765. The molecule has 1 aromatic heterocycles. The molecular formula is C11H12BrN3S. The highest BCUT2D eigenvalue weighted by Crippen LogP contribution is 2.21. The molecule has 0 aliphatic heterocycles. The van der Waals surface area contributed by atoms with Gasteiger partial charge < -0.3 is 4.57 Å². The molecule has 1 heterocycles. The SMILES string of the molecule is Cc1nnc(SCc2ccc(Br)cc2)n1C. The second-order valence-corrected chi connectivity index (χ2v) is 5.36. The van der Waals surface area contributed by atoms with E-state index in [1.807, 2.05) is 18.5 Å². The first kappa shape index (κ1) is 11.7. The van der Waals surface area contributed by atoms with E-state index in [1.165, 1.54) is 5.56 Å². The third-order valence-electron chi connectivity index (χ3n) is 2.33. The van der Waals surface area contributed by atoms with Gasteiger partial charge in [0.15, 0.2) is 5.16 Å². The van der Waals surface area contributed by atoms with Crippen LogP contribution in [0.1, 0.15) is 11.4 Å². The lowest BCUT2D eigenvalue weighted by Gasteiger charge is -2.02. The molecule has 0 unspecified atom stereocenters. The van der Waals surface area contributed by atoms with Crippen LogP contribution in [0.25, 0.3) is 0 Å². The summed E-state index contributed by atoms with van der Waals surface area (Å²) < 4.78 is 3.11. The van der Waals surface area contributed by atoms with Crippen molar-refractivity contribution in [3.8, 4) is 0 Å². The zero-order valence-electron chi connectivity index (χ0n) is 9.14. The Morgan fingerprint density at radius 2 is 1.94 bits per heavy atom. The molecule has 0 saturated carbocycles.